The highest BCUT2D eigenvalue weighted by molar-refractivity contribution is 5.70. The van der Waals surface area contributed by atoms with Gasteiger partial charge in [-0.1, -0.05) is 12.1 Å². The zero-order valence-corrected chi connectivity index (χ0v) is 16.9. The van der Waals surface area contributed by atoms with Gasteiger partial charge in [0.1, 0.15) is 11.4 Å². The number of ether oxygens (including phenoxy) is 3. The fraction of sp³-hybridized carbons (Fsp3) is 0.619. The van der Waals surface area contributed by atoms with Crippen molar-refractivity contribution >= 4 is 6.09 Å². The van der Waals surface area contributed by atoms with Gasteiger partial charge in [-0.25, -0.2) is 4.79 Å². The molecule has 0 saturated carbocycles. The second kappa shape index (κ2) is 8.62. The van der Waals surface area contributed by atoms with Crippen LogP contribution in [0.15, 0.2) is 24.3 Å². The second-order valence-corrected chi connectivity index (χ2v) is 8.11. The van der Waals surface area contributed by atoms with E-state index in [0.29, 0.717) is 32.4 Å². The van der Waals surface area contributed by atoms with Crippen LogP contribution in [0.1, 0.15) is 39.2 Å². The summed E-state index contributed by atoms with van der Waals surface area (Å²) in [5, 5.41) is 9.51. The Bertz CT molecular complexity index is 675. The van der Waals surface area contributed by atoms with E-state index in [4.69, 9.17) is 14.2 Å². The van der Waals surface area contributed by atoms with Crippen LogP contribution in [0.2, 0.25) is 0 Å². The lowest BCUT2D eigenvalue weighted by molar-refractivity contribution is 0.00172. The fourth-order valence-corrected chi connectivity index (χ4v) is 3.63. The molecule has 0 aromatic heterocycles. The predicted molar refractivity (Wildman–Crippen MR) is 103 cm³/mol. The van der Waals surface area contributed by atoms with E-state index in [2.05, 4.69) is 6.07 Å². The maximum absolute atomic E-state index is 12.9. The third kappa shape index (κ3) is 5.36. The lowest BCUT2D eigenvalue weighted by Gasteiger charge is -2.39. The molecule has 1 aromatic rings. The molecular weight excluding hydrogens is 344 g/mol. The third-order valence-corrected chi connectivity index (χ3v) is 4.86. The number of benzene rings is 1. The minimum Gasteiger partial charge on any atom is -0.497 e. The molecule has 6 nitrogen and oxygen atoms in total. The zero-order valence-electron chi connectivity index (χ0n) is 16.9. The Hall–Kier alpha value is -2.26. The average molecular weight is 374 g/mol. The Kier molecular flexibility index (Phi) is 6.72. The number of carbonyl (C=O) groups excluding carboxylic acids is 1. The summed E-state index contributed by atoms with van der Waals surface area (Å²) in [4.78, 5) is 14.7. The monoisotopic (exact) mass is 374 g/mol. The number of carbonyl (C=O) groups is 1. The van der Waals surface area contributed by atoms with Crippen LogP contribution in [0.5, 0.6) is 5.75 Å². The quantitative estimate of drug-likeness (QED) is 0.757. The van der Waals surface area contributed by atoms with Crippen molar-refractivity contribution in [1.29, 1.82) is 5.26 Å². The first-order valence-corrected chi connectivity index (χ1v) is 9.25. The topological polar surface area (TPSA) is 71.8 Å². The van der Waals surface area contributed by atoms with Crippen LogP contribution in [0, 0.1) is 17.2 Å². The molecule has 0 bridgehead atoms. The number of hydrogen-bond acceptors (Lipinski definition) is 5. The summed E-state index contributed by atoms with van der Waals surface area (Å²) in [6.45, 7) is 6.44. The summed E-state index contributed by atoms with van der Waals surface area (Å²) in [5.41, 5.74) is -0.0125. The molecule has 0 spiro atoms. The number of hydrogen-bond donors (Lipinski definition) is 0. The molecule has 148 valence electrons. The van der Waals surface area contributed by atoms with Crippen molar-refractivity contribution in [2.24, 2.45) is 5.92 Å². The van der Waals surface area contributed by atoms with Crippen molar-refractivity contribution in [2.45, 2.75) is 51.2 Å². The van der Waals surface area contributed by atoms with Gasteiger partial charge in [0.05, 0.1) is 24.6 Å². The molecule has 2 atom stereocenters. The first-order chi connectivity index (χ1) is 12.7. The van der Waals surface area contributed by atoms with Crippen molar-refractivity contribution in [3.63, 3.8) is 0 Å². The molecule has 1 saturated heterocycles. The average Bonchev–Trinajstić information content (AvgIpc) is 2.98. The maximum Gasteiger partial charge on any atom is 0.410 e. The Morgan fingerprint density at radius 2 is 1.96 bits per heavy atom. The van der Waals surface area contributed by atoms with Gasteiger partial charge in [0.25, 0.3) is 0 Å². The molecule has 0 unspecified atom stereocenters. The Morgan fingerprint density at radius 1 is 1.30 bits per heavy atom. The maximum atomic E-state index is 12.9. The van der Waals surface area contributed by atoms with Crippen molar-refractivity contribution in [3.05, 3.63) is 29.8 Å². The van der Waals surface area contributed by atoms with E-state index in [1.165, 1.54) is 0 Å². The zero-order chi connectivity index (χ0) is 20.1. The second-order valence-electron chi connectivity index (χ2n) is 8.11. The largest absolute Gasteiger partial charge is 0.497 e. The molecule has 1 aliphatic heterocycles. The van der Waals surface area contributed by atoms with Crippen molar-refractivity contribution in [3.8, 4) is 11.8 Å². The molecular formula is C21H30N2O4. The summed E-state index contributed by atoms with van der Waals surface area (Å²) in [6.07, 6.45) is 1.52. The van der Waals surface area contributed by atoms with Crippen LogP contribution >= 0.6 is 0 Å². The molecule has 1 heterocycles. The minimum atomic E-state index is -0.588. The van der Waals surface area contributed by atoms with E-state index in [0.717, 1.165) is 11.3 Å². The van der Waals surface area contributed by atoms with Crippen molar-refractivity contribution in [2.75, 3.05) is 27.4 Å². The van der Waals surface area contributed by atoms with Crippen LogP contribution in [0.4, 0.5) is 4.79 Å². The molecule has 6 heteroatoms. The molecule has 0 aliphatic carbocycles. The van der Waals surface area contributed by atoms with Crippen molar-refractivity contribution in [1.82, 2.24) is 4.90 Å². The first kappa shape index (κ1) is 21.0. The summed E-state index contributed by atoms with van der Waals surface area (Å²) in [5.74, 6) is 0.572. The van der Waals surface area contributed by atoms with Crippen molar-refractivity contribution < 1.29 is 19.0 Å². The van der Waals surface area contributed by atoms with E-state index in [9.17, 15) is 10.1 Å². The van der Waals surface area contributed by atoms with E-state index in [1.807, 2.05) is 45.0 Å². The normalized spacial score (nSPS) is 22.4. The highest BCUT2D eigenvalue weighted by atomic mass is 16.6. The third-order valence-electron chi connectivity index (χ3n) is 4.86. The van der Waals surface area contributed by atoms with Gasteiger partial charge in [-0.2, -0.15) is 5.26 Å². The first-order valence-electron chi connectivity index (χ1n) is 9.25. The molecule has 1 fully saturated rings. The van der Waals surface area contributed by atoms with Crippen LogP contribution < -0.4 is 4.74 Å². The van der Waals surface area contributed by atoms with Gasteiger partial charge >= 0.3 is 6.09 Å². The lowest BCUT2D eigenvalue weighted by atomic mass is 9.83. The van der Waals surface area contributed by atoms with Gasteiger partial charge in [-0.15, -0.1) is 0 Å². The standard InChI is InChI=1S/C21H30N2O4/c1-20(2,3)27-19(24)23-15-17(14-22)13-21(23,10-11-25-4)12-16-6-8-18(26-5)9-7-16/h6-9,17H,10-13,15H2,1-5H3/t17-,21-/m1/s1. The van der Waals surface area contributed by atoms with Gasteiger partial charge in [-0.05, 0) is 57.7 Å². The molecule has 1 aromatic carbocycles. The number of nitrogens with zero attached hydrogens (tertiary/aromatic N) is 2. The van der Waals surface area contributed by atoms with Gasteiger partial charge in [0.15, 0.2) is 0 Å². The fourth-order valence-electron chi connectivity index (χ4n) is 3.63. The molecule has 2 rings (SSSR count). The summed E-state index contributed by atoms with van der Waals surface area (Å²) < 4.78 is 16.2. The number of likely N-dealkylation sites (tertiary alicyclic amines) is 1. The Morgan fingerprint density at radius 3 is 2.48 bits per heavy atom. The van der Waals surface area contributed by atoms with E-state index >= 15 is 0 Å². The van der Waals surface area contributed by atoms with Gasteiger partial charge in [-0.3, -0.25) is 0 Å². The number of amides is 1. The van der Waals surface area contributed by atoms with Crippen LogP contribution in [0.3, 0.4) is 0 Å². The smallest absolute Gasteiger partial charge is 0.410 e. The molecule has 27 heavy (non-hydrogen) atoms. The highest BCUT2D eigenvalue weighted by Gasteiger charge is 2.49. The highest BCUT2D eigenvalue weighted by Crippen LogP contribution is 2.40. The summed E-state index contributed by atoms with van der Waals surface area (Å²) in [7, 11) is 3.28. The molecule has 1 aliphatic rings. The van der Waals surface area contributed by atoms with E-state index in [1.54, 1.807) is 19.1 Å². The predicted octanol–water partition coefficient (Wildman–Crippen LogP) is 3.79. The molecule has 1 amide bonds. The summed E-state index contributed by atoms with van der Waals surface area (Å²) in [6, 6.07) is 10.2. The number of nitriles is 1. The van der Waals surface area contributed by atoms with Crippen LogP contribution in [-0.2, 0) is 15.9 Å². The Balaban J connectivity index is 2.34. The van der Waals surface area contributed by atoms with Gasteiger partial charge in [0, 0.05) is 20.3 Å². The summed E-state index contributed by atoms with van der Waals surface area (Å²) >= 11 is 0. The van der Waals surface area contributed by atoms with Gasteiger partial charge in [0.2, 0.25) is 0 Å². The number of rotatable bonds is 6. The Labute approximate surface area is 162 Å². The van der Waals surface area contributed by atoms with Gasteiger partial charge < -0.3 is 19.1 Å². The van der Waals surface area contributed by atoms with E-state index in [-0.39, 0.29) is 12.0 Å². The van der Waals surface area contributed by atoms with E-state index < -0.39 is 11.1 Å². The number of methoxy groups -OCH3 is 2. The molecule has 0 radical (unpaired) electrons. The minimum absolute atomic E-state index is 0.215. The SMILES string of the molecule is COCC[C@@]1(Cc2ccc(OC)cc2)C[C@H](C#N)CN1C(=O)OC(C)(C)C. The van der Waals surface area contributed by atoms with Crippen LogP contribution in [0.25, 0.3) is 0 Å². The molecule has 0 N–H and O–H groups in total. The van der Waals surface area contributed by atoms with Crippen LogP contribution in [-0.4, -0.2) is 49.5 Å². The lowest BCUT2D eigenvalue weighted by Crippen LogP contribution is -2.51.